The number of carbonyl (C=O) groups is 2. The Balaban J connectivity index is 1.56. The maximum absolute atomic E-state index is 12.2. The lowest BCUT2D eigenvalue weighted by atomic mass is 10.1. The Morgan fingerprint density at radius 2 is 1.91 bits per heavy atom. The summed E-state index contributed by atoms with van der Waals surface area (Å²) in [6, 6.07) is 12.7. The van der Waals surface area contributed by atoms with E-state index in [9.17, 15) is 9.59 Å². The third kappa shape index (κ3) is 5.61. The molecule has 1 fully saturated rings. The average molecular weight is 462 g/mol. The Bertz CT molecular complexity index is 1150. The van der Waals surface area contributed by atoms with E-state index >= 15 is 0 Å². The topological polar surface area (TPSA) is 106 Å². The van der Waals surface area contributed by atoms with Crippen LogP contribution in [0.1, 0.15) is 35.8 Å². The molecule has 0 radical (unpaired) electrons. The molecular weight excluding hydrogens is 434 g/mol. The number of nitrogens with one attached hydrogen (secondary N) is 2. The first-order valence-electron chi connectivity index (χ1n) is 11.2. The summed E-state index contributed by atoms with van der Waals surface area (Å²) < 4.78 is 11.2. The van der Waals surface area contributed by atoms with Crippen LogP contribution in [-0.2, 0) is 11.3 Å². The molecule has 0 atom stereocenters. The number of hydrogen-bond acceptors (Lipinski definition) is 7. The van der Waals surface area contributed by atoms with E-state index in [0.717, 1.165) is 24.2 Å². The van der Waals surface area contributed by atoms with Crippen molar-refractivity contribution >= 4 is 23.3 Å². The molecule has 2 aromatic heterocycles. The number of anilines is 2. The monoisotopic (exact) mass is 461 g/mol. The second-order valence-corrected chi connectivity index (χ2v) is 7.79. The average Bonchev–Trinajstić information content (AvgIpc) is 3.26. The third-order valence-corrected chi connectivity index (χ3v) is 5.37. The van der Waals surface area contributed by atoms with Gasteiger partial charge in [0.05, 0.1) is 19.5 Å². The van der Waals surface area contributed by atoms with Gasteiger partial charge in [0.15, 0.2) is 0 Å². The van der Waals surface area contributed by atoms with Crippen molar-refractivity contribution in [1.29, 1.82) is 0 Å². The number of hydrogen-bond donors (Lipinski definition) is 2. The number of benzene rings is 1. The Morgan fingerprint density at radius 3 is 2.56 bits per heavy atom. The van der Waals surface area contributed by atoms with E-state index in [2.05, 4.69) is 20.6 Å². The van der Waals surface area contributed by atoms with E-state index in [1.165, 1.54) is 6.20 Å². The van der Waals surface area contributed by atoms with Gasteiger partial charge in [-0.25, -0.2) is 9.97 Å². The molecule has 1 aromatic carbocycles. The van der Waals surface area contributed by atoms with Gasteiger partial charge in [-0.15, -0.1) is 0 Å². The van der Waals surface area contributed by atoms with Gasteiger partial charge in [0, 0.05) is 37.3 Å². The van der Waals surface area contributed by atoms with Gasteiger partial charge in [-0.1, -0.05) is 0 Å². The van der Waals surface area contributed by atoms with Crippen LogP contribution in [0, 0.1) is 0 Å². The maximum atomic E-state index is 12.2. The molecular formula is C25H27N5O4. The molecule has 3 aromatic rings. The van der Waals surface area contributed by atoms with Crippen LogP contribution in [0.25, 0.3) is 0 Å². The molecule has 9 heteroatoms. The lowest BCUT2D eigenvalue weighted by molar-refractivity contribution is -0.128. The van der Waals surface area contributed by atoms with Gasteiger partial charge in [0.1, 0.15) is 28.8 Å². The number of likely N-dealkylation sites (tertiary alicyclic amines) is 1. The molecule has 1 aliphatic heterocycles. The fraction of sp³-hybridized carbons (Fsp3) is 0.280. The molecule has 9 nitrogen and oxygen atoms in total. The van der Waals surface area contributed by atoms with Crippen molar-refractivity contribution in [2.75, 3.05) is 25.5 Å². The van der Waals surface area contributed by atoms with Crippen LogP contribution < -0.4 is 20.1 Å². The molecule has 176 valence electrons. The first-order chi connectivity index (χ1) is 16.6. The minimum absolute atomic E-state index is 0.133. The van der Waals surface area contributed by atoms with Crippen molar-refractivity contribution in [2.45, 2.75) is 26.3 Å². The maximum Gasteiger partial charge on any atom is 0.269 e. The fourth-order valence-corrected chi connectivity index (χ4v) is 3.63. The molecule has 0 spiro atoms. The lowest BCUT2D eigenvalue weighted by Crippen LogP contribution is -2.24. The zero-order chi connectivity index (χ0) is 23.9. The Hall–Kier alpha value is -4.14. The van der Waals surface area contributed by atoms with Crippen molar-refractivity contribution in [3.63, 3.8) is 0 Å². The molecule has 3 heterocycles. The van der Waals surface area contributed by atoms with Gasteiger partial charge in [-0.05, 0) is 55.8 Å². The van der Waals surface area contributed by atoms with E-state index in [4.69, 9.17) is 9.47 Å². The summed E-state index contributed by atoms with van der Waals surface area (Å²) in [5.41, 5.74) is 1.99. The van der Waals surface area contributed by atoms with E-state index in [-0.39, 0.29) is 11.8 Å². The van der Waals surface area contributed by atoms with Gasteiger partial charge in [-0.2, -0.15) is 0 Å². The van der Waals surface area contributed by atoms with Gasteiger partial charge in [-0.3, -0.25) is 9.59 Å². The first kappa shape index (κ1) is 23.0. The molecule has 1 aliphatic rings. The number of amides is 2. The standard InChI is InChI=1S/C25H27N5O4/c1-3-26-25(32)21-9-7-20(15-27-21)34-22-10-6-18(29-23-11-8-19(33-2)14-28-23)13-17(22)16-30-12-4-5-24(30)31/h6-11,13-15H,3-5,12,16H2,1-2H3,(H,26,32)(H,28,29). The molecule has 1 saturated heterocycles. The fourth-order valence-electron chi connectivity index (χ4n) is 3.63. The summed E-state index contributed by atoms with van der Waals surface area (Å²) in [6.07, 6.45) is 4.58. The van der Waals surface area contributed by atoms with Crippen LogP contribution >= 0.6 is 0 Å². The SMILES string of the molecule is CCNC(=O)c1ccc(Oc2ccc(Nc3ccc(OC)cn3)cc2CN2CCCC2=O)cn1. The summed E-state index contributed by atoms with van der Waals surface area (Å²) in [7, 11) is 1.60. The second-order valence-electron chi connectivity index (χ2n) is 7.79. The van der Waals surface area contributed by atoms with Crippen LogP contribution in [0.4, 0.5) is 11.5 Å². The van der Waals surface area contributed by atoms with Crippen LogP contribution in [0.15, 0.2) is 54.9 Å². The quantitative estimate of drug-likeness (QED) is 0.498. The predicted octanol–water partition coefficient (Wildman–Crippen LogP) is 3.89. The number of carbonyl (C=O) groups excluding carboxylic acids is 2. The molecule has 0 bridgehead atoms. The summed E-state index contributed by atoms with van der Waals surface area (Å²) in [5.74, 6) is 2.36. The Morgan fingerprint density at radius 1 is 1.09 bits per heavy atom. The van der Waals surface area contributed by atoms with E-state index in [1.54, 1.807) is 25.4 Å². The second kappa shape index (κ2) is 10.7. The highest BCUT2D eigenvalue weighted by atomic mass is 16.5. The largest absolute Gasteiger partial charge is 0.495 e. The smallest absolute Gasteiger partial charge is 0.269 e. The highest BCUT2D eigenvalue weighted by Crippen LogP contribution is 2.31. The van der Waals surface area contributed by atoms with Crippen molar-refractivity contribution in [2.24, 2.45) is 0 Å². The highest BCUT2D eigenvalue weighted by molar-refractivity contribution is 5.92. The molecule has 0 aliphatic carbocycles. The minimum Gasteiger partial charge on any atom is -0.495 e. The molecule has 4 rings (SSSR count). The molecule has 0 saturated carbocycles. The number of nitrogens with zero attached hydrogens (tertiary/aromatic N) is 3. The number of aromatic nitrogens is 2. The van der Waals surface area contributed by atoms with Crippen molar-refractivity contribution in [1.82, 2.24) is 20.2 Å². The van der Waals surface area contributed by atoms with E-state index in [1.807, 2.05) is 42.2 Å². The van der Waals surface area contributed by atoms with E-state index < -0.39 is 0 Å². The Labute approximate surface area is 198 Å². The van der Waals surface area contributed by atoms with Crippen LogP contribution in [-0.4, -0.2) is 46.9 Å². The zero-order valence-corrected chi connectivity index (χ0v) is 19.2. The molecule has 0 unspecified atom stereocenters. The van der Waals surface area contributed by atoms with Crippen LogP contribution in [0.5, 0.6) is 17.2 Å². The Kier molecular flexibility index (Phi) is 7.22. The van der Waals surface area contributed by atoms with E-state index in [0.29, 0.717) is 48.3 Å². The summed E-state index contributed by atoms with van der Waals surface area (Å²) in [4.78, 5) is 34.5. The highest BCUT2D eigenvalue weighted by Gasteiger charge is 2.22. The number of methoxy groups -OCH3 is 1. The van der Waals surface area contributed by atoms with Gasteiger partial charge < -0.3 is 25.0 Å². The normalized spacial score (nSPS) is 13.0. The molecule has 2 amide bonds. The lowest BCUT2D eigenvalue weighted by Gasteiger charge is -2.19. The summed E-state index contributed by atoms with van der Waals surface area (Å²) >= 11 is 0. The van der Waals surface area contributed by atoms with Gasteiger partial charge >= 0.3 is 0 Å². The number of pyridine rings is 2. The third-order valence-electron chi connectivity index (χ3n) is 5.37. The number of ether oxygens (including phenoxy) is 2. The summed E-state index contributed by atoms with van der Waals surface area (Å²) in [5, 5.41) is 5.99. The van der Waals surface area contributed by atoms with Crippen molar-refractivity contribution < 1.29 is 19.1 Å². The predicted molar refractivity (Wildman–Crippen MR) is 127 cm³/mol. The van der Waals surface area contributed by atoms with Gasteiger partial charge in [0.2, 0.25) is 5.91 Å². The molecule has 2 N–H and O–H groups in total. The minimum atomic E-state index is -0.232. The first-order valence-corrected chi connectivity index (χ1v) is 11.2. The summed E-state index contributed by atoms with van der Waals surface area (Å²) in [6.45, 7) is 3.54. The number of rotatable bonds is 9. The van der Waals surface area contributed by atoms with Crippen molar-refractivity contribution in [3.05, 3.63) is 66.1 Å². The van der Waals surface area contributed by atoms with Crippen LogP contribution in [0.2, 0.25) is 0 Å². The van der Waals surface area contributed by atoms with Gasteiger partial charge in [0.25, 0.3) is 5.91 Å². The zero-order valence-electron chi connectivity index (χ0n) is 19.2. The van der Waals surface area contributed by atoms with Crippen molar-refractivity contribution in [3.8, 4) is 17.2 Å². The molecule has 34 heavy (non-hydrogen) atoms. The van der Waals surface area contributed by atoms with Crippen LogP contribution in [0.3, 0.4) is 0 Å².